The first-order valence-corrected chi connectivity index (χ1v) is 3.78. The van der Waals surface area contributed by atoms with Crippen LogP contribution in [0.15, 0.2) is 11.5 Å². The Labute approximate surface area is 50.1 Å². The summed E-state index contributed by atoms with van der Waals surface area (Å²) in [6.45, 7) is 0. The Kier molecular flexibility index (Phi) is 1.60. The molecular formula is C4H5BrS. The van der Waals surface area contributed by atoms with E-state index in [1.165, 1.54) is 5.75 Å². The molecule has 0 aromatic rings. The van der Waals surface area contributed by atoms with Gasteiger partial charge in [0.05, 0.1) is 0 Å². The van der Waals surface area contributed by atoms with E-state index in [0.717, 1.165) is 0 Å². The highest BCUT2D eigenvalue weighted by Crippen LogP contribution is 2.19. The molecule has 1 rings (SSSR count). The highest BCUT2D eigenvalue weighted by Gasteiger charge is 2.01. The Morgan fingerprint density at radius 3 is 2.83 bits per heavy atom. The van der Waals surface area contributed by atoms with Gasteiger partial charge >= 0.3 is 0 Å². The Balaban J connectivity index is 2.38. The molecule has 1 heterocycles. The van der Waals surface area contributed by atoms with Crippen LogP contribution in [0.4, 0.5) is 0 Å². The number of hydrogen-bond donors (Lipinski definition) is 0. The monoisotopic (exact) mass is 164 g/mol. The molecule has 0 fully saturated rings. The summed E-state index contributed by atoms with van der Waals surface area (Å²) in [4.78, 5) is 0.641. The summed E-state index contributed by atoms with van der Waals surface area (Å²) in [5, 5.41) is 2.12. The maximum absolute atomic E-state index is 3.43. The minimum absolute atomic E-state index is 0.641. The second-order valence-corrected chi connectivity index (χ2v) is 3.29. The Morgan fingerprint density at radius 2 is 2.67 bits per heavy atom. The quantitative estimate of drug-likeness (QED) is 0.494. The first-order chi connectivity index (χ1) is 2.89. The predicted molar refractivity (Wildman–Crippen MR) is 34.3 cm³/mol. The molecule has 1 aliphatic rings. The lowest BCUT2D eigenvalue weighted by molar-refractivity contribution is 1.33. The normalized spacial score (nSPS) is 31.8. The summed E-state index contributed by atoms with van der Waals surface area (Å²) in [7, 11) is 0. The van der Waals surface area contributed by atoms with Gasteiger partial charge in [-0.3, -0.25) is 0 Å². The molecule has 0 N–H and O–H groups in total. The molecule has 0 amide bonds. The molecule has 0 aliphatic carbocycles. The highest BCUT2D eigenvalue weighted by molar-refractivity contribution is 9.09. The summed E-state index contributed by atoms with van der Waals surface area (Å²) in [6, 6.07) is 0. The van der Waals surface area contributed by atoms with Crippen LogP contribution >= 0.6 is 27.7 Å². The lowest BCUT2D eigenvalue weighted by atomic mass is 10.5. The average Bonchev–Trinajstić information content (AvgIpc) is 1.86. The molecule has 0 bridgehead atoms. The van der Waals surface area contributed by atoms with Gasteiger partial charge in [-0.05, 0) is 5.41 Å². The van der Waals surface area contributed by atoms with Crippen LogP contribution in [0.25, 0.3) is 0 Å². The van der Waals surface area contributed by atoms with Crippen LogP contribution in [0.5, 0.6) is 0 Å². The smallest absolute Gasteiger partial charge is 0.0427 e. The van der Waals surface area contributed by atoms with Gasteiger partial charge in [-0.15, -0.1) is 11.8 Å². The molecule has 0 radical (unpaired) electrons. The Morgan fingerprint density at radius 1 is 1.83 bits per heavy atom. The average molecular weight is 165 g/mol. The van der Waals surface area contributed by atoms with Gasteiger partial charge in [0, 0.05) is 10.6 Å². The lowest BCUT2D eigenvalue weighted by Crippen LogP contribution is -1.86. The van der Waals surface area contributed by atoms with Crippen molar-refractivity contribution in [2.45, 2.75) is 4.83 Å². The van der Waals surface area contributed by atoms with Crippen LogP contribution in [-0.4, -0.2) is 10.6 Å². The van der Waals surface area contributed by atoms with Crippen molar-refractivity contribution in [3.8, 4) is 0 Å². The first-order valence-electron chi connectivity index (χ1n) is 1.82. The van der Waals surface area contributed by atoms with Gasteiger partial charge in [0.2, 0.25) is 0 Å². The van der Waals surface area contributed by atoms with E-state index < -0.39 is 0 Å². The van der Waals surface area contributed by atoms with Crippen molar-refractivity contribution in [1.29, 1.82) is 0 Å². The topological polar surface area (TPSA) is 0 Å². The Bertz CT molecular complexity index is 69.9. The van der Waals surface area contributed by atoms with Crippen molar-refractivity contribution in [3.05, 3.63) is 11.5 Å². The molecule has 1 aliphatic heterocycles. The number of hydrogen-bond acceptors (Lipinski definition) is 1. The second-order valence-electron chi connectivity index (χ2n) is 1.18. The summed E-state index contributed by atoms with van der Waals surface area (Å²) in [5.41, 5.74) is 0. The zero-order valence-electron chi connectivity index (χ0n) is 3.23. The molecule has 2 heteroatoms. The van der Waals surface area contributed by atoms with Crippen molar-refractivity contribution in [1.82, 2.24) is 0 Å². The van der Waals surface area contributed by atoms with E-state index in [4.69, 9.17) is 0 Å². The SMILES string of the molecule is BrC1C=CSC1. The second kappa shape index (κ2) is 2.03. The zero-order valence-corrected chi connectivity index (χ0v) is 5.63. The molecule has 34 valence electrons. The number of alkyl halides is 1. The molecule has 0 spiro atoms. The van der Waals surface area contributed by atoms with Crippen LogP contribution in [0.1, 0.15) is 0 Å². The van der Waals surface area contributed by atoms with E-state index in [9.17, 15) is 0 Å². The van der Waals surface area contributed by atoms with Crippen LogP contribution in [0, 0.1) is 0 Å². The van der Waals surface area contributed by atoms with E-state index in [0.29, 0.717) is 4.83 Å². The van der Waals surface area contributed by atoms with Gasteiger partial charge in [0.25, 0.3) is 0 Å². The molecule has 0 aromatic heterocycles. The maximum Gasteiger partial charge on any atom is 0.0427 e. The summed E-state index contributed by atoms with van der Waals surface area (Å²) in [5.74, 6) is 1.21. The molecule has 6 heavy (non-hydrogen) atoms. The van der Waals surface area contributed by atoms with Crippen molar-refractivity contribution in [2.24, 2.45) is 0 Å². The number of allylic oxidation sites excluding steroid dienone is 1. The van der Waals surface area contributed by atoms with Crippen molar-refractivity contribution >= 4 is 27.7 Å². The number of thioether (sulfide) groups is 1. The van der Waals surface area contributed by atoms with Crippen molar-refractivity contribution < 1.29 is 0 Å². The molecular weight excluding hydrogens is 160 g/mol. The zero-order chi connectivity index (χ0) is 4.41. The van der Waals surface area contributed by atoms with E-state index in [1.54, 1.807) is 0 Å². The van der Waals surface area contributed by atoms with E-state index in [-0.39, 0.29) is 0 Å². The third-order valence-electron chi connectivity index (χ3n) is 0.639. The molecule has 1 atom stereocenters. The summed E-state index contributed by atoms with van der Waals surface area (Å²) >= 11 is 5.29. The van der Waals surface area contributed by atoms with Crippen LogP contribution in [-0.2, 0) is 0 Å². The van der Waals surface area contributed by atoms with Gasteiger partial charge in [0.15, 0.2) is 0 Å². The summed E-state index contributed by atoms with van der Waals surface area (Å²) < 4.78 is 0. The van der Waals surface area contributed by atoms with E-state index >= 15 is 0 Å². The molecule has 0 saturated carbocycles. The first kappa shape index (κ1) is 4.72. The minimum atomic E-state index is 0.641. The highest BCUT2D eigenvalue weighted by atomic mass is 79.9. The van der Waals surface area contributed by atoms with Crippen molar-refractivity contribution in [2.75, 3.05) is 5.75 Å². The fourth-order valence-corrected chi connectivity index (χ4v) is 1.86. The van der Waals surface area contributed by atoms with Gasteiger partial charge in [-0.25, -0.2) is 0 Å². The molecule has 0 nitrogen and oxygen atoms in total. The fourth-order valence-electron chi connectivity index (χ4n) is 0.344. The molecule has 0 saturated heterocycles. The molecule has 0 aromatic carbocycles. The van der Waals surface area contributed by atoms with Gasteiger partial charge in [-0.2, -0.15) is 0 Å². The van der Waals surface area contributed by atoms with Crippen LogP contribution in [0.2, 0.25) is 0 Å². The van der Waals surface area contributed by atoms with Crippen LogP contribution < -0.4 is 0 Å². The van der Waals surface area contributed by atoms with Crippen LogP contribution in [0.3, 0.4) is 0 Å². The van der Waals surface area contributed by atoms with E-state index in [1.807, 2.05) is 11.8 Å². The minimum Gasteiger partial charge on any atom is -0.133 e. The fraction of sp³-hybridized carbons (Fsp3) is 0.500. The maximum atomic E-state index is 3.43. The van der Waals surface area contributed by atoms with Gasteiger partial charge in [-0.1, -0.05) is 22.0 Å². The third kappa shape index (κ3) is 1.02. The summed E-state index contributed by atoms with van der Waals surface area (Å²) in [6.07, 6.45) is 2.16. The standard InChI is InChI=1S/C4H5BrS/c5-4-1-2-6-3-4/h1-2,4H,3H2. The number of halogens is 1. The molecule has 1 unspecified atom stereocenters. The van der Waals surface area contributed by atoms with Crippen molar-refractivity contribution in [3.63, 3.8) is 0 Å². The number of rotatable bonds is 0. The lowest BCUT2D eigenvalue weighted by Gasteiger charge is -1.86. The largest absolute Gasteiger partial charge is 0.133 e. The van der Waals surface area contributed by atoms with Gasteiger partial charge < -0.3 is 0 Å². The Hall–Kier alpha value is 0.570. The predicted octanol–water partition coefficient (Wildman–Crippen LogP) is 2.01. The van der Waals surface area contributed by atoms with Gasteiger partial charge in [0.1, 0.15) is 0 Å². The third-order valence-corrected chi connectivity index (χ3v) is 2.60. The van der Waals surface area contributed by atoms with E-state index in [2.05, 4.69) is 27.4 Å².